The van der Waals surface area contributed by atoms with Gasteiger partial charge in [-0.05, 0) is 31.9 Å². The first kappa shape index (κ1) is 17.0. The van der Waals surface area contributed by atoms with Crippen molar-refractivity contribution < 1.29 is 20.1 Å². The van der Waals surface area contributed by atoms with Crippen LogP contribution in [0.25, 0.3) is 17.1 Å². The average molecular weight is 486 g/mol. The molecule has 1 radical (unpaired) electrons. The first-order valence-corrected chi connectivity index (χ1v) is 7.34. The number of thiol groups is 1. The predicted octanol–water partition coefficient (Wildman–Crippen LogP) is 4.55. The van der Waals surface area contributed by atoms with Crippen LogP contribution in [0.2, 0.25) is 0 Å². The third kappa shape index (κ3) is 3.19. The van der Waals surface area contributed by atoms with Gasteiger partial charge in [0.25, 0.3) is 0 Å². The van der Waals surface area contributed by atoms with Crippen molar-refractivity contribution in [3.05, 3.63) is 65.4 Å². The van der Waals surface area contributed by atoms with Gasteiger partial charge in [0, 0.05) is 32.0 Å². The van der Waals surface area contributed by atoms with Gasteiger partial charge in [-0.2, -0.15) is 0 Å². The SMILES string of the molecule is Cc1cc(C)c(-n2cc(S)nc2-c2[c-]cccc2)c(C)c1.[Ir]. The summed E-state index contributed by atoms with van der Waals surface area (Å²) in [7, 11) is 0. The van der Waals surface area contributed by atoms with E-state index in [-0.39, 0.29) is 20.1 Å². The number of aromatic nitrogens is 2. The Kier molecular flexibility index (Phi) is 5.28. The van der Waals surface area contributed by atoms with E-state index in [2.05, 4.69) is 61.2 Å². The van der Waals surface area contributed by atoms with Crippen molar-refractivity contribution in [1.82, 2.24) is 9.55 Å². The molecule has 0 spiro atoms. The minimum absolute atomic E-state index is 0. The summed E-state index contributed by atoms with van der Waals surface area (Å²) in [6.45, 7) is 6.38. The largest absolute Gasteiger partial charge is 0.338 e. The fourth-order valence-corrected chi connectivity index (χ4v) is 3.02. The van der Waals surface area contributed by atoms with Crippen molar-refractivity contribution in [3.63, 3.8) is 0 Å². The maximum Gasteiger partial charge on any atom is 0.100 e. The van der Waals surface area contributed by atoms with Gasteiger partial charge in [-0.15, -0.1) is 48.5 Å². The van der Waals surface area contributed by atoms with E-state index in [4.69, 9.17) is 0 Å². The van der Waals surface area contributed by atoms with Crippen LogP contribution in [0.5, 0.6) is 0 Å². The topological polar surface area (TPSA) is 17.8 Å². The Morgan fingerprint density at radius 3 is 2.36 bits per heavy atom. The smallest absolute Gasteiger partial charge is 0.100 e. The van der Waals surface area contributed by atoms with Crippen LogP contribution >= 0.6 is 12.6 Å². The van der Waals surface area contributed by atoms with Crippen LogP contribution in [-0.2, 0) is 20.1 Å². The van der Waals surface area contributed by atoms with Crippen LogP contribution < -0.4 is 0 Å². The van der Waals surface area contributed by atoms with Crippen molar-refractivity contribution in [2.24, 2.45) is 0 Å². The van der Waals surface area contributed by atoms with Gasteiger partial charge in [-0.1, -0.05) is 17.7 Å². The number of rotatable bonds is 2. The zero-order valence-electron chi connectivity index (χ0n) is 12.7. The second kappa shape index (κ2) is 6.82. The molecule has 0 aliphatic carbocycles. The maximum atomic E-state index is 4.56. The monoisotopic (exact) mass is 486 g/mol. The standard InChI is InChI=1S/C18H17N2S.Ir/c1-12-9-13(2)17(14(3)10-12)20-11-16(21)19-18(20)15-7-5-4-6-8-15;/h4-7,9-11,21H,1-3H3;/q-1;. The fraction of sp³-hybridized carbons (Fsp3) is 0.167. The molecule has 1 heterocycles. The summed E-state index contributed by atoms with van der Waals surface area (Å²) < 4.78 is 2.11. The second-order valence-electron chi connectivity index (χ2n) is 5.32. The molecule has 0 fully saturated rings. The number of hydrogen-bond acceptors (Lipinski definition) is 2. The molecule has 0 saturated heterocycles. The normalized spacial score (nSPS) is 10.4. The molecule has 0 aliphatic heterocycles. The van der Waals surface area contributed by atoms with Crippen molar-refractivity contribution in [3.8, 4) is 17.1 Å². The molecule has 4 heteroatoms. The van der Waals surface area contributed by atoms with Gasteiger partial charge in [0.2, 0.25) is 0 Å². The molecule has 0 N–H and O–H groups in total. The van der Waals surface area contributed by atoms with E-state index < -0.39 is 0 Å². The summed E-state index contributed by atoms with van der Waals surface area (Å²) in [5, 5.41) is 0.710. The first-order valence-electron chi connectivity index (χ1n) is 6.90. The maximum absolute atomic E-state index is 4.56. The molecule has 0 aliphatic rings. The Hall–Kier alpha value is -1.35. The molecule has 2 nitrogen and oxygen atoms in total. The van der Waals surface area contributed by atoms with Crippen molar-refractivity contribution in [2.75, 3.05) is 0 Å². The molecule has 3 rings (SSSR count). The fourth-order valence-electron chi connectivity index (χ4n) is 2.81. The molecule has 1 aromatic heterocycles. The molecule has 0 bridgehead atoms. The van der Waals surface area contributed by atoms with Crippen LogP contribution in [0, 0.1) is 26.8 Å². The predicted molar refractivity (Wildman–Crippen MR) is 89.3 cm³/mol. The summed E-state index contributed by atoms with van der Waals surface area (Å²) in [6.07, 6.45) is 1.96. The molecule has 0 saturated carbocycles. The van der Waals surface area contributed by atoms with E-state index >= 15 is 0 Å². The average Bonchev–Trinajstić information content (AvgIpc) is 2.80. The third-order valence-electron chi connectivity index (χ3n) is 3.52. The minimum atomic E-state index is 0. The Morgan fingerprint density at radius 1 is 1.09 bits per heavy atom. The van der Waals surface area contributed by atoms with Gasteiger partial charge in [-0.3, -0.25) is 4.98 Å². The molecular weight excluding hydrogens is 468 g/mol. The van der Waals surface area contributed by atoms with Crippen LogP contribution in [0.1, 0.15) is 16.7 Å². The summed E-state index contributed by atoms with van der Waals surface area (Å²) in [5.41, 5.74) is 5.87. The number of imidazole rings is 1. The third-order valence-corrected chi connectivity index (χ3v) is 3.73. The first-order chi connectivity index (χ1) is 10.1. The zero-order chi connectivity index (χ0) is 15.0. The van der Waals surface area contributed by atoms with Gasteiger partial charge >= 0.3 is 0 Å². The van der Waals surface area contributed by atoms with Gasteiger partial charge in [0.15, 0.2) is 0 Å². The quantitative estimate of drug-likeness (QED) is 0.417. The van der Waals surface area contributed by atoms with Crippen LogP contribution in [0.3, 0.4) is 0 Å². The molecule has 115 valence electrons. The Bertz CT molecular complexity index is 771. The molecule has 0 amide bonds. The summed E-state index contributed by atoms with van der Waals surface area (Å²) in [5.74, 6) is 0.871. The second-order valence-corrected chi connectivity index (χ2v) is 5.77. The van der Waals surface area contributed by atoms with E-state index in [1.165, 1.54) is 22.4 Å². The van der Waals surface area contributed by atoms with E-state index in [1.807, 2.05) is 30.5 Å². The van der Waals surface area contributed by atoms with E-state index in [9.17, 15) is 0 Å². The zero-order valence-corrected chi connectivity index (χ0v) is 16.0. The summed E-state index contributed by atoms with van der Waals surface area (Å²) in [4.78, 5) is 4.56. The van der Waals surface area contributed by atoms with E-state index in [1.54, 1.807) is 0 Å². The summed E-state index contributed by atoms with van der Waals surface area (Å²) >= 11 is 4.42. The molecule has 0 atom stereocenters. The van der Waals surface area contributed by atoms with Gasteiger partial charge in [0.05, 0.1) is 5.82 Å². The van der Waals surface area contributed by atoms with Crippen LogP contribution in [0.15, 0.2) is 47.6 Å². The molecule has 2 aromatic carbocycles. The van der Waals surface area contributed by atoms with Gasteiger partial charge < -0.3 is 4.57 Å². The van der Waals surface area contributed by atoms with Crippen molar-refractivity contribution in [2.45, 2.75) is 25.8 Å². The minimum Gasteiger partial charge on any atom is -0.338 e. The molecular formula is C18H17IrN2S-. The van der Waals surface area contributed by atoms with Crippen LogP contribution in [-0.4, -0.2) is 9.55 Å². The Balaban J connectivity index is 0.00000176. The number of nitrogens with zero attached hydrogens (tertiary/aromatic N) is 2. The van der Waals surface area contributed by atoms with E-state index in [0.29, 0.717) is 5.03 Å². The Morgan fingerprint density at radius 2 is 1.77 bits per heavy atom. The number of aryl methyl sites for hydroxylation is 3. The van der Waals surface area contributed by atoms with Gasteiger partial charge in [-0.25, -0.2) is 0 Å². The summed E-state index contributed by atoms with van der Waals surface area (Å²) in [6, 6.07) is 15.5. The number of benzene rings is 2. The van der Waals surface area contributed by atoms with Crippen molar-refractivity contribution in [1.29, 1.82) is 0 Å². The molecule has 3 aromatic rings. The Labute approximate surface area is 150 Å². The van der Waals surface area contributed by atoms with Crippen LogP contribution in [0.4, 0.5) is 0 Å². The number of hydrogen-bond donors (Lipinski definition) is 1. The molecule has 0 unspecified atom stereocenters. The van der Waals surface area contributed by atoms with Gasteiger partial charge in [0.1, 0.15) is 5.03 Å². The van der Waals surface area contributed by atoms with E-state index in [0.717, 1.165) is 11.4 Å². The molecule has 22 heavy (non-hydrogen) atoms. The van der Waals surface area contributed by atoms with Crippen molar-refractivity contribution >= 4 is 12.6 Å².